The second-order valence-corrected chi connectivity index (χ2v) is 1.26. The molecular weight excluding hydrogens is 167 g/mol. The monoisotopic (exact) mass is 172 g/mol. The van der Waals surface area contributed by atoms with Gasteiger partial charge in [0.15, 0.2) is 0 Å². The summed E-state index contributed by atoms with van der Waals surface area (Å²) in [5.41, 5.74) is 0. The summed E-state index contributed by atoms with van der Waals surface area (Å²) < 4.78 is 4.09. The van der Waals surface area contributed by atoms with Gasteiger partial charge in [0.25, 0.3) is 0 Å². The van der Waals surface area contributed by atoms with Crippen molar-refractivity contribution < 1.29 is 75.9 Å². The first kappa shape index (κ1) is 13.1. The van der Waals surface area contributed by atoms with Gasteiger partial charge in [-0.25, -0.2) is 4.79 Å². The van der Waals surface area contributed by atoms with Gasteiger partial charge in [-0.15, -0.1) is 0 Å². The Morgan fingerprint density at radius 1 is 1.40 bits per heavy atom. The molecule has 0 amide bonds. The van der Waals surface area contributed by atoms with E-state index in [1.807, 2.05) is 0 Å². The van der Waals surface area contributed by atoms with Crippen LogP contribution in [0.25, 0.3) is 0 Å². The minimum atomic E-state index is -1.42. The maximum atomic E-state index is 9.64. The van der Waals surface area contributed by atoms with Gasteiger partial charge in [0.2, 0.25) is 0 Å². The van der Waals surface area contributed by atoms with Crippen LogP contribution >= 0.6 is 0 Å². The van der Waals surface area contributed by atoms with Crippen molar-refractivity contribution in [3.05, 3.63) is 0 Å². The Kier molecular flexibility index (Phi) is 10.0. The first-order valence-corrected chi connectivity index (χ1v) is 2.12. The van der Waals surface area contributed by atoms with Crippen molar-refractivity contribution >= 4 is 11.9 Å². The number of ether oxygens (including phenoxy) is 1. The van der Waals surface area contributed by atoms with Crippen molar-refractivity contribution in [3.8, 4) is 0 Å². The van der Waals surface area contributed by atoms with Crippen LogP contribution in [0.4, 0.5) is 0 Å². The first-order valence-electron chi connectivity index (χ1n) is 2.12. The van der Waals surface area contributed by atoms with Gasteiger partial charge >= 0.3 is 57.4 Å². The summed E-state index contributed by atoms with van der Waals surface area (Å²) in [4.78, 5) is 19.2. The van der Waals surface area contributed by atoms with E-state index in [2.05, 4.69) is 4.74 Å². The molecule has 0 bridgehead atoms. The van der Waals surface area contributed by atoms with E-state index in [0.29, 0.717) is 0 Å². The Hall–Kier alpha value is 0.536. The van der Waals surface area contributed by atoms with Crippen molar-refractivity contribution in [2.24, 2.45) is 0 Å². The summed E-state index contributed by atoms with van der Waals surface area (Å²) in [5, 5.41) is 17.4. The number of hydrogen-bond acceptors (Lipinski definition) is 4. The Balaban J connectivity index is 0. The molecule has 0 saturated heterocycles. The molecule has 0 aliphatic carbocycles. The van der Waals surface area contributed by atoms with E-state index in [1.54, 1.807) is 0 Å². The van der Waals surface area contributed by atoms with Crippen LogP contribution in [0.3, 0.4) is 0 Å². The minimum absolute atomic E-state index is 0. The van der Waals surface area contributed by atoms with Gasteiger partial charge in [0.05, 0.1) is 12.6 Å². The van der Waals surface area contributed by atoms with E-state index in [4.69, 9.17) is 5.11 Å². The zero-order chi connectivity index (χ0) is 7.28. The zero-order valence-electron chi connectivity index (χ0n) is 5.49. The third-order valence-electron chi connectivity index (χ3n) is 0.445. The van der Waals surface area contributed by atoms with Gasteiger partial charge in [-0.2, -0.15) is 0 Å². The summed E-state index contributed by atoms with van der Waals surface area (Å²) in [7, 11) is 0. The van der Waals surface area contributed by atoms with E-state index in [0.717, 1.165) is 0 Å². The summed E-state index contributed by atoms with van der Waals surface area (Å²) in [6.07, 6.45) is 0. The van der Waals surface area contributed by atoms with Gasteiger partial charge in [0.1, 0.15) is 6.61 Å². The molecule has 0 rings (SSSR count). The summed E-state index contributed by atoms with van der Waals surface area (Å²) >= 11 is 0. The molecule has 0 radical (unpaired) electrons. The number of rotatable bonds is 4. The van der Waals surface area contributed by atoms with Crippen LogP contribution in [-0.4, -0.2) is 30.3 Å². The van der Waals surface area contributed by atoms with Gasteiger partial charge in [0, 0.05) is 0 Å². The number of aliphatic carboxylic acids is 2. The smallest absolute Gasteiger partial charge is 0.548 e. The van der Waals surface area contributed by atoms with E-state index in [-0.39, 0.29) is 51.4 Å². The number of carbonyl (C=O) groups is 2. The summed E-state index contributed by atoms with van der Waals surface area (Å²) in [6, 6.07) is 0. The molecule has 0 saturated carbocycles. The average Bonchev–Trinajstić information content (AvgIpc) is 1.63. The van der Waals surface area contributed by atoms with Crippen LogP contribution in [0.5, 0.6) is 0 Å². The Morgan fingerprint density at radius 2 is 1.90 bits per heavy atom. The predicted molar refractivity (Wildman–Crippen MR) is 23.5 cm³/mol. The van der Waals surface area contributed by atoms with Crippen LogP contribution in [0.2, 0.25) is 0 Å². The van der Waals surface area contributed by atoms with Crippen molar-refractivity contribution in [3.63, 3.8) is 0 Å². The molecule has 0 aromatic carbocycles. The number of carbonyl (C=O) groups excluding carboxylic acids is 1. The second kappa shape index (κ2) is 7.64. The number of carboxylic acid groups (broad SMARTS) is 2. The van der Waals surface area contributed by atoms with Crippen LogP contribution in [0.1, 0.15) is 0 Å². The van der Waals surface area contributed by atoms with Crippen LogP contribution < -0.4 is 56.5 Å². The van der Waals surface area contributed by atoms with Crippen LogP contribution in [0, 0.1) is 0 Å². The van der Waals surface area contributed by atoms with E-state index < -0.39 is 25.2 Å². The minimum Gasteiger partial charge on any atom is -0.548 e. The fourth-order valence-corrected chi connectivity index (χ4v) is 0.222. The van der Waals surface area contributed by atoms with Gasteiger partial charge in [-0.3, -0.25) is 0 Å². The maximum Gasteiger partial charge on any atom is 1.00 e. The molecular formula is C4H5KO5. The van der Waals surface area contributed by atoms with Crippen molar-refractivity contribution in [1.29, 1.82) is 0 Å². The molecule has 0 aliphatic heterocycles. The third kappa shape index (κ3) is 11.3. The SMILES string of the molecule is O=C([O-])COCC(=O)O.[K+]. The van der Waals surface area contributed by atoms with E-state index in [1.165, 1.54) is 0 Å². The molecule has 0 spiro atoms. The molecule has 6 heteroatoms. The Labute approximate surface area is 99.8 Å². The topological polar surface area (TPSA) is 86.7 Å². The fourth-order valence-electron chi connectivity index (χ4n) is 0.222. The van der Waals surface area contributed by atoms with E-state index >= 15 is 0 Å². The number of carboxylic acids is 2. The number of hydrogen-bond donors (Lipinski definition) is 1. The van der Waals surface area contributed by atoms with Crippen molar-refractivity contribution in [1.82, 2.24) is 0 Å². The molecule has 0 heterocycles. The van der Waals surface area contributed by atoms with Gasteiger partial charge < -0.3 is 19.7 Å². The maximum absolute atomic E-state index is 9.64. The molecule has 0 fully saturated rings. The van der Waals surface area contributed by atoms with Gasteiger partial charge in [-0.05, 0) is 0 Å². The molecule has 10 heavy (non-hydrogen) atoms. The molecule has 0 aliphatic rings. The normalized spacial score (nSPS) is 8.00. The molecule has 0 unspecified atom stereocenters. The standard InChI is InChI=1S/C4H6O5.K/c5-3(6)1-9-2-4(7)8;/h1-2H2,(H,5,6)(H,7,8);/q;+1/p-1. The van der Waals surface area contributed by atoms with Crippen molar-refractivity contribution in [2.75, 3.05) is 13.2 Å². The Bertz CT molecular complexity index is 109. The summed E-state index contributed by atoms with van der Waals surface area (Å²) in [5.74, 6) is -2.62. The predicted octanol–water partition coefficient (Wildman–Crippen LogP) is -5.16. The zero-order valence-corrected chi connectivity index (χ0v) is 8.62. The summed E-state index contributed by atoms with van der Waals surface area (Å²) in [6.45, 7) is -1.28. The third-order valence-corrected chi connectivity index (χ3v) is 0.445. The molecule has 0 aromatic heterocycles. The van der Waals surface area contributed by atoms with E-state index in [9.17, 15) is 14.7 Å². The second-order valence-electron chi connectivity index (χ2n) is 1.26. The fraction of sp³-hybridized carbons (Fsp3) is 0.500. The largest absolute Gasteiger partial charge is 1.00 e. The quantitative estimate of drug-likeness (QED) is 0.428. The molecule has 52 valence electrons. The molecule has 0 atom stereocenters. The molecule has 0 aromatic rings. The van der Waals surface area contributed by atoms with Crippen LogP contribution in [0.15, 0.2) is 0 Å². The molecule has 1 N–H and O–H groups in total. The van der Waals surface area contributed by atoms with Gasteiger partial charge in [-0.1, -0.05) is 0 Å². The molecule has 5 nitrogen and oxygen atoms in total. The van der Waals surface area contributed by atoms with Crippen molar-refractivity contribution in [2.45, 2.75) is 0 Å². The average molecular weight is 172 g/mol. The van der Waals surface area contributed by atoms with Crippen LogP contribution in [-0.2, 0) is 14.3 Å². The first-order chi connectivity index (χ1) is 4.13. The Morgan fingerprint density at radius 3 is 2.20 bits per heavy atom.